The van der Waals surface area contributed by atoms with Crippen LogP contribution in [0.25, 0.3) is 0 Å². The molecule has 0 saturated carbocycles. The largest absolute Gasteiger partial charge is 0.298 e. The molecule has 0 aliphatic carbocycles. The van der Waals surface area contributed by atoms with Gasteiger partial charge in [0.2, 0.25) is 10.0 Å². The van der Waals surface area contributed by atoms with Gasteiger partial charge in [-0.05, 0) is 31.0 Å². The van der Waals surface area contributed by atoms with E-state index in [2.05, 4.69) is 4.90 Å². The predicted molar refractivity (Wildman–Crippen MR) is 93.2 cm³/mol. The highest BCUT2D eigenvalue weighted by atomic mass is 32.2. The van der Waals surface area contributed by atoms with Crippen molar-refractivity contribution >= 4 is 19.9 Å². The second-order valence-corrected chi connectivity index (χ2v) is 10.7. The van der Waals surface area contributed by atoms with Gasteiger partial charge in [-0.3, -0.25) is 4.90 Å². The number of nitrogens with zero attached hydrogens (tertiary/aromatic N) is 3. The second kappa shape index (κ2) is 7.03. The van der Waals surface area contributed by atoms with Gasteiger partial charge in [-0.15, -0.1) is 0 Å². The number of nitriles is 1. The van der Waals surface area contributed by atoms with Crippen LogP contribution in [0.5, 0.6) is 0 Å². The lowest BCUT2D eigenvalue weighted by Gasteiger charge is -2.40. The quantitative estimate of drug-likeness (QED) is 0.751. The first-order valence-electron chi connectivity index (χ1n) is 8.27. The van der Waals surface area contributed by atoms with Crippen LogP contribution >= 0.6 is 0 Å². The van der Waals surface area contributed by atoms with Crippen LogP contribution in [0, 0.1) is 11.3 Å². The topological polar surface area (TPSA) is 98.5 Å². The average Bonchev–Trinajstić information content (AvgIpc) is 2.62. The van der Waals surface area contributed by atoms with E-state index in [0.717, 1.165) is 0 Å². The minimum absolute atomic E-state index is 0.142. The maximum atomic E-state index is 12.7. The third-order valence-electron chi connectivity index (χ3n) is 4.91. The zero-order valence-electron chi connectivity index (χ0n) is 13.8. The lowest BCUT2D eigenvalue weighted by atomic mass is 10.1. The molecular formula is C16H21N3O4S2. The highest BCUT2D eigenvalue weighted by Crippen LogP contribution is 2.23. The van der Waals surface area contributed by atoms with E-state index in [1.165, 1.54) is 16.4 Å². The zero-order valence-corrected chi connectivity index (χ0v) is 15.5. The Morgan fingerprint density at radius 3 is 2.32 bits per heavy atom. The SMILES string of the molecule is N#Cc1cccc(S(=O)(=O)N2CCN(C3CCS(=O)(=O)CC3)CC2)c1. The molecule has 1 aromatic carbocycles. The van der Waals surface area contributed by atoms with Gasteiger partial charge in [0.25, 0.3) is 0 Å². The van der Waals surface area contributed by atoms with Gasteiger partial charge in [-0.1, -0.05) is 6.07 Å². The first-order valence-corrected chi connectivity index (χ1v) is 11.5. The molecule has 3 rings (SSSR count). The number of hydrogen-bond acceptors (Lipinski definition) is 6. The van der Waals surface area contributed by atoms with E-state index < -0.39 is 19.9 Å². The number of rotatable bonds is 3. The van der Waals surface area contributed by atoms with E-state index in [9.17, 15) is 16.8 Å². The molecule has 25 heavy (non-hydrogen) atoms. The van der Waals surface area contributed by atoms with Crippen LogP contribution in [0.2, 0.25) is 0 Å². The molecule has 0 amide bonds. The Morgan fingerprint density at radius 1 is 1.08 bits per heavy atom. The molecule has 1 aromatic rings. The first-order chi connectivity index (χ1) is 11.8. The van der Waals surface area contributed by atoms with Crippen molar-refractivity contribution in [3.63, 3.8) is 0 Å². The van der Waals surface area contributed by atoms with Crippen LogP contribution < -0.4 is 0 Å². The number of hydrogen-bond donors (Lipinski definition) is 0. The summed E-state index contributed by atoms with van der Waals surface area (Å²) in [6, 6.07) is 8.23. The van der Waals surface area contributed by atoms with Crippen molar-refractivity contribution in [2.24, 2.45) is 0 Å². The predicted octanol–water partition coefficient (Wildman–Crippen LogP) is 0.442. The zero-order chi connectivity index (χ0) is 18.1. The Kier molecular flexibility index (Phi) is 5.16. The molecule has 0 N–H and O–H groups in total. The van der Waals surface area contributed by atoms with Crippen molar-refractivity contribution in [3.05, 3.63) is 29.8 Å². The summed E-state index contributed by atoms with van der Waals surface area (Å²) in [5.74, 6) is 0.439. The molecule has 0 bridgehead atoms. The minimum Gasteiger partial charge on any atom is -0.298 e. The van der Waals surface area contributed by atoms with Gasteiger partial charge in [0, 0.05) is 32.2 Å². The van der Waals surface area contributed by atoms with Crippen molar-refractivity contribution in [2.45, 2.75) is 23.8 Å². The highest BCUT2D eigenvalue weighted by molar-refractivity contribution is 7.91. The Balaban J connectivity index is 1.64. The Morgan fingerprint density at radius 2 is 1.72 bits per heavy atom. The van der Waals surface area contributed by atoms with Gasteiger partial charge < -0.3 is 0 Å². The van der Waals surface area contributed by atoms with Crippen LogP contribution in [-0.4, -0.2) is 69.8 Å². The van der Waals surface area contributed by atoms with E-state index >= 15 is 0 Å². The highest BCUT2D eigenvalue weighted by Gasteiger charge is 2.33. The average molecular weight is 383 g/mol. The van der Waals surface area contributed by atoms with Crippen molar-refractivity contribution in [2.75, 3.05) is 37.7 Å². The molecule has 2 aliphatic heterocycles. The van der Waals surface area contributed by atoms with E-state index in [0.29, 0.717) is 44.6 Å². The Labute approximate surface area is 148 Å². The van der Waals surface area contributed by atoms with Gasteiger partial charge in [0.15, 0.2) is 0 Å². The Bertz CT molecular complexity index is 868. The van der Waals surface area contributed by atoms with Crippen molar-refractivity contribution in [3.8, 4) is 6.07 Å². The first kappa shape index (κ1) is 18.3. The summed E-state index contributed by atoms with van der Waals surface area (Å²) in [7, 11) is -6.50. The second-order valence-electron chi connectivity index (χ2n) is 6.46. The summed E-state index contributed by atoms with van der Waals surface area (Å²) in [4.78, 5) is 2.34. The molecule has 2 fully saturated rings. The molecule has 0 spiro atoms. The molecule has 136 valence electrons. The maximum absolute atomic E-state index is 12.7. The Hall–Kier alpha value is -1.47. The minimum atomic E-state index is -3.61. The van der Waals surface area contributed by atoms with Gasteiger partial charge in [-0.25, -0.2) is 16.8 Å². The van der Waals surface area contributed by atoms with Gasteiger partial charge in [0.05, 0.1) is 28.0 Å². The third-order valence-corrected chi connectivity index (χ3v) is 8.52. The van der Waals surface area contributed by atoms with E-state index in [1.54, 1.807) is 12.1 Å². The van der Waals surface area contributed by atoms with Crippen molar-refractivity contribution in [1.29, 1.82) is 5.26 Å². The fourth-order valence-electron chi connectivity index (χ4n) is 3.43. The summed E-state index contributed by atoms with van der Waals surface area (Å²) in [6.45, 7) is 1.95. The molecule has 0 aromatic heterocycles. The van der Waals surface area contributed by atoms with Crippen molar-refractivity contribution in [1.82, 2.24) is 9.21 Å². The fourth-order valence-corrected chi connectivity index (χ4v) is 6.36. The molecule has 0 radical (unpaired) electrons. The summed E-state index contributed by atoms with van der Waals surface area (Å²) in [5.41, 5.74) is 0.322. The molecule has 2 aliphatic rings. The van der Waals surface area contributed by atoms with Gasteiger partial charge >= 0.3 is 0 Å². The standard InChI is InChI=1S/C16H21N3O4S2/c17-13-14-2-1-3-16(12-14)25(22,23)19-8-6-18(7-9-19)15-4-10-24(20,21)11-5-15/h1-3,12,15H,4-11H2. The number of sulfonamides is 1. The van der Waals surface area contributed by atoms with Crippen LogP contribution in [-0.2, 0) is 19.9 Å². The van der Waals surface area contributed by atoms with Crippen LogP contribution in [0.1, 0.15) is 18.4 Å². The summed E-state index contributed by atoms with van der Waals surface area (Å²) in [6.07, 6.45) is 1.25. The molecule has 2 saturated heterocycles. The molecule has 2 heterocycles. The monoisotopic (exact) mass is 383 g/mol. The molecule has 0 unspecified atom stereocenters. The van der Waals surface area contributed by atoms with E-state index in [-0.39, 0.29) is 22.4 Å². The van der Waals surface area contributed by atoms with Crippen LogP contribution in [0.4, 0.5) is 0 Å². The lowest BCUT2D eigenvalue weighted by Crippen LogP contribution is -2.53. The van der Waals surface area contributed by atoms with Gasteiger partial charge in [-0.2, -0.15) is 9.57 Å². The van der Waals surface area contributed by atoms with Crippen LogP contribution in [0.3, 0.4) is 0 Å². The maximum Gasteiger partial charge on any atom is 0.243 e. The van der Waals surface area contributed by atoms with E-state index in [1.807, 2.05) is 6.07 Å². The summed E-state index contributed by atoms with van der Waals surface area (Å²) < 4.78 is 50.0. The smallest absolute Gasteiger partial charge is 0.243 e. The van der Waals surface area contributed by atoms with Gasteiger partial charge in [0.1, 0.15) is 9.84 Å². The van der Waals surface area contributed by atoms with Crippen LogP contribution in [0.15, 0.2) is 29.2 Å². The molecule has 9 heteroatoms. The summed E-state index contributed by atoms with van der Waals surface area (Å²) in [5, 5.41) is 8.95. The number of benzene rings is 1. The third kappa shape index (κ3) is 4.03. The number of sulfone groups is 1. The molecule has 0 atom stereocenters. The molecular weight excluding hydrogens is 362 g/mol. The van der Waals surface area contributed by atoms with Crippen molar-refractivity contribution < 1.29 is 16.8 Å². The summed E-state index contributed by atoms with van der Waals surface area (Å²) >= 11 is 0. The number of piperazine rings is 1. The lowest BCUT2D eigenvalue weighted by molar-refractivity contribution is 0.129. The fraction of sp³-hybridized carbons (Fsp3) is 0.562. The molecule has 7 nitrogen and oxygen atoms in total. The van der Waals surface area contributed by atoms with E-state index in [4.69, 9.17) is 5.26 Å². The normalized spacial score (nSPS) is 23.2.